The molecule has 9 nitrogen and oxygen atoms in total. The Morgan fingerprint density at radius 2 is 1.56 bits per heavy atom. The first kappa shape index (κ1) is 26.7. The molecule has 9 heteroatoms. The minimum atomic E-state index is -1.46. The summed E-state index contributed by atoms with van der Waals surface area (Å²) in [6, 6.07) is 17.2. The van der Waals surface area contributed by atoms with E-state index in [0.29, 0.717) is 24.9 Å². The smallest absolute Gasteiger partial charge is 0.410 e. The van der Waals surface area contributed by atoms with Gasteiger partial charge in [0.15, 0.2) is 5.54 Å². The maximum atomic E-state index is 13.3. The Labute approximate surface area is 211 Å². The molecule has 2 aromatic rings. The van der Waals surface area contributed by atoms with Gasteiger partial charge in [0.1, 0.15) is 18.2 Å². The van der Waals surface area contributed by atoms with Gasteiger partial charge in [-0.05, 0) is 44.7 Å². The second-order valence-electron chi connectivity index (χ2n) is 9.44. The lowest BCUT2D eigenvalue weighted by Gasteiger charge is -2.34. The largest absolute Gasteiger partial charge is 0.467 e. The third kappa shape index (κ3) is 6.02. The van der Waals surface area contributed by atoms with E-state index in [-0.39, 0.29) is 6.61 Å². The predicted molar refractivity (Wildman–Crippen MR) is 133 cm³/mol. The van der Waals surface area contributed by atoms with E-state index >= 15 is 0 Å². The van der Waals surface area contributed by atoms with Crippen molar-refractivity contribution >= 4 is 23.9 Å². The number of hydrogen-bond donors (Lipinski definition) is 2. The molecule has 3 rings (SSSR count). The van der Waals surface area contributed by atoms with Crippen LogP contribution in [-0.2, 0) is 36.0 Å². The first-order chi connectivity index (χ1) is 17.1. The molecule has 1 saturated heterocycles. The van der Waals surface area contributed by atoms with Crippen molar-refractivity contribution < 1.29 is 28.7 Å². The van der Waals surface area contributed by atoms with Crippen molar-refractivity contribution in [3.05, 3.63) is 71.8 Å². The molecule has 192 valence electrons. The number of rotatable bonds is 8. The third-order valence-electron chi connectivity index (χ3n) is 6.31. The van der Waals surface area contributed by atoms with E-state index in [2.05, 4.69) is 10.6 Å². The number of amides is 3. The molecule has 0 unspecified atom stereocenters. The molecule has 0 aliphatic carbocycles. The first-order valence-corrected chi connectivity index (χ1v) is 11.8. The van der Waals surface area contributed by atoms with Crippen molar-refractivity contribution in [2.24, 2.45) is 0 Å². The fraction of sp³-hybridized carbons (Fsp3) is 0.407. The van der Waals surface area contributed by atoms with E-state index in [0.717, 1.165) is 5.56 Å². The summed E-state index contributed by atoms with van der Waals surface area (Å²) in [7, 11) is 1.24. The number of esters is 1. The monoisotopic (exact) mass is 495 g/mol. The fourth-order valence-electron chi connectivity index (χ4n) is 4.11. The highest BCUT2D eigenvalue weighted by Gasteiger charge is 2.44. The summed E-state index contributed by atoms with van der Waals surface area (Å²) < 4.78 is 10.3. The highest BCUT2D eigenvalue weighted by molar-refractivity contribution is 5.96. The average Bonchev–Trinajstić information content (AvgIpc) is 3.38. The zero-order chi connectivity index (χ0) is 26.3. The van der Waals surface area contributed by atoms with Crippen LogP contribution in [0.4, 0.5) is 4.79 Å². The summed E-state index contributed by atoms with van der Waals surface area (Å²) in [5, 5.41) is 5.47. The molecule has 1 aliphatic heterocycles. The summed E-state index contributed by atoms with van der Waals surface area (Å²) in [6.07, 6.45) is 0.508. The van der Waals surface area contributed by atoms with Crippen molar-refractivity contribution in [3.63, 3.8) is 0 Å². The van der Waals surface area contributed by atoms with Crippen molar-refractivity contribution in [1.82, 2.24) is 15.5 Å². The molecule has 36 heavy (non-hydrogen) atoms. The van der Waals surface area contributed by atoms with Crippen molar-refractivity contribution in [2.75, 3.05) is 13.7 Å². The topological polar surface area (TPSA) is 114 Å². The van der Waals surface area contributed by atoms with Crippen LogP contribution in [0.1, 0.15) is 44.7 Å². The van der Waals surface area contributed by atoms with Gasteiger partial charge >= 0.3 is 12.1 Å². The third-order valence-corrected chi connectivity index (χ3v) is 6.31. The van der Waals surface area contributed by atoms with Crippen LogP contribution >= 0.6 is 0 Å². The number of carbonyl (C=O) groups excluding carboxylic acids is 4. The van der Waals surface area contributed by atoms with Crippen LogP contribution in [0.3, 0.4) is 0 Å². The summed E-state index contributed by atoms with van der Waals surface area (Å²) >= 11 is 0. The summed E-state index contributed by atoms with van der Waals surface area (Å²) in [5.41, 5.74) is -1.47. The lowest BCUT2D eigenvalue weighted by atomic mass is 9.90. The minimum absolute atomic E-state index is 0.101. The number of carbonyl (C=O) groups is 4. The molecule has 0 spiro atoms. The van der Waals surface area contributed by atoms with Gasteiger partial charge in [0.05, 0.1) is 7.11 Å². The van der Waals surface area contributed by atoms with E-state index in [9.17, 15) is 19.2 Å². The molecular weight excluding hydrogens is 462 g/mol. The molecule has 1 heterocycles. The van der Waals surface area contributed by atoms with Gasteiger partial charge in [0.2, 0.25) is 11.8 Å². The molecule has 2 aromatic carbocycles. The number of methoxy groups -OCH3 is 1. The maximum absolute atomic E-state index is 13.3. The molecule has 3 amide bonds. The molecule has 0 saturated carbocycles. The Morgan fingerprint density at radius 1 is 0.944 bits per heavy atom. The zero-order valence-corrected chi connectivity index (χ0v) is 21.1. The first-order valence-electron chi connectivity index (χ1n) is 11.8. The predicted octanol–water partition coefficient (Wildman–Crippen LogP) is 2.89. The van der Waals surface area contributed by atoms with Crippen molar-refractivity contribution in [3.8, 4) is 0 Å². The van der Waals surface area contributed by atoms with E-state index in [1.165, 1.54) is 25.9 Å². The fourth-order valence-corrected chi connectivity index (χ4v) is 4.11. The van der Waals surface area contributed by atoms with Crippen molar-refractivity contribution in [1.29, 1.82) is 0 Å². The molecular formula is C27H33N3O6. The molecule has 0 aromatic heterocycles. The van der Waals surface area contributed by atoms with Crippen LogP contribution in [0.15, 0.2) is 60.7 Å². The molecule has 1 aliphatic rings. The van der Waals surface area contributed by atoms with E-state index < -0.39 is 41.0 Å². The molecule has 1 fully saturated rings. The number of likely N-dealkylation sites (tertiary alicyclic amines) is 1. The molecule has 0 bridgehead atoms. The van der Waals surface area contributed by atoms with Crippen LogP contribution in [0.25, 0.3) is 0 Å². The van der Waals surface area contributed by atoms with Gasteiger partial charge in [-0.3, -0.25) is 14.5 Å². The quantitative estimate of drug-likeness (QED) is 0.545. The lowest BCUT2D eigenvalue weighted by molar-refractivity contribution is -0.151. The highest BCUT2D eigenvalue weighted by Crippen LogP contribution is 2.24. The van der Waals surface area contributed by atoms with Gasteiger partial charge in [-0.25, -0.2) is 9.59 Å². The van der Waals surface area contributed by atoms with Gasteiger partial charge in [0, 0.05) is 6.54 Å². The molecule has 0 radical (unpaired) electrons. The Kier molecular flexibility index (Phi) is 8.34. The lowest BCUT2D eigenvalue weighted by Crippen LogP contribution is -2.62. The summed E-state index contributed by atoms with van der Waals surface area (Å²) in [6.45, 7) is 5.11. The minimum Gasteiger partial charge on any atom is -0.467 e. The van der Waals surface area contributed by atoms with Crippen LogP contribution in [-0.4, -0.2) is 54.0 Å². The number of benzene rings is 2. The highest BCUT2D eigenvalue weighted by atomic mass is 16.6. The number of nitrogens with one attached hydrogen (secondary N) is 2. The van der Waals surface area contributed by atoms with Gasteiger partial charge in [-0.2, -0.15) is 0 Å². The van der Waals surface area contributed by atoms with Gasteiger partial charge < -0.3 is 20.1 Å². The van der Waals surface area contributed by atoms with E-state index in [4.69, 9.17) is 9.47 Å². The normalized spacial score (nSPS) is 17.0. The Morgan fingerprint density at radius 3 is 2.17 bits per heavy atom. The van der Waals surface area contributed by atoms with Crippen LogP contribution in [0.5, 0.6) is 0 Å². The van der Waals surface area contributed by atoms with Crippen LogP contribution < -0.4 is 10.6 Å². The zero-order valence-electron chi connectivity index (χ0n) is 21.1. The average molecular weight is 496 g/mol. The Balaban J connectivity index is 1.67. The Hall–Kier alpha value is -3.88. The van der Waals surface area contributed by atoms with Crippen LogP contribution in [0.2, 0.25) is 0 Å². The van der Waals surface area contributed by atoms with Gasteiger partial charge in [-0.1, -0.05) is 60.7 Å². The van der Waals surface area contributed by atoms with Gasteiger partial charge in [0.25, 0.3) is 0 Å². The molecule has 2 atom stereocenters. The summed E-state index contributed by atoms with van der Waals surface area (Å²) in [5.74, 6) is -1.69. The van der Waals surface area contributed by atoms with Gasteiger partial charge in [-0.15, -0.1) is 0 Å². The van der Waals surface area contributed by atoms with Crippen molar-refractivity contribution in [2.45, 2.75) is 57.3 Å². The number of ether oxygens (including phenoxy) is 2. The number of nitrogens with zero attached hydrogens (tertiary/aromatic N) is 1. The maximum Gasteiger partial charge on any atom is 0.410 e. The second-order valence-corrected chi connectivity index (χ2v) is 9.44. The van der Waals surface area contributed by atoms with E-state index in [1.54, 1.807) is 37.3 Å². The SMILES string of the molecule is COC(=O)[C@@](C)(NC(=O)C(C)(C)NC(=O)[C@H]1CCCN1C(=O)OCc1ccccc1)c1ccccc1. The van der Waals surface area contributed by atoms with E-state index in [1.807, 2.05) is 30.3 Å². The van der Waals surface area contributed by atoms with Crippen LogP contribution in [0, 0.1) is 0 Å². The Bertz CT molecular complexity index is 1090. The second kappa shape index (κ2) is 11.2. The summed E-state index contributed by atoms with van der Waals surface area (Å²) in [4.78, 5) is 53.1. The molecule has 2 N–H and O–H groups in total. The standard InChI is InChI=1S/C27H33N3O6/c1-26(2,23(32)29-27(3,24(33)35-4)20-14-9-6-10-15-20)28-22(31)21-16-11-17-30(21)25(34)36-18-19-12-7-5-8-13-19/h5-10,12-15,21H,11,16-18H2,1-4H3,(H,28,31)(H,29,32)/t21-,27+/m1/s1. The number of hydrogen-bond acceptors (Lipinski definition) is 6.